The summed E-state index contributed by atoms with van der Waals surface area (Å²) < 4.78 is 90.4. The van der Waals surface area contributed by atoms with Gasteiger partial charge in [0.2, 0.25) is 5.54 Å². The van der Waals surface area contributed by atoms with Gasteiger partial charge in [-0.05, 0) is 42.7 Å². The number of nitro groups is 1. The largest absolute Gasteiger partial charge is 0.469 e. The molecule has 1 aliphatic heterocycles. The molecule has 214 valence electrons. The summed E-state index contributed by atoms with van der Waals surface area (Å²) in [4.78, 5) is 23.2. The Labute approximate surface area is 220 Å². The van der Waals surface area contributed by atoms with Gasteiger partial charge < -0.3 is 9.47 Å². The fourth-order valence-electron chi connectivity index (χ4n) is 4.64. The third kappa shape index (κ3) is 7.07. The summed E-state index contributed by atoms with van der Waals surface area (Å²) in [5.74, 6) is -0.590. The molecule has 3 rings (SSSR count). The van der Waals surface area contributed by atoms with Crippen molar-refractivity contribution >= 4 is 5.97 Å². The summed E-state index contributed by atoms with van der Waals surface area (Å²) in [5, 5.41) is 15.2. The number of piperidine rings is 1. The molecule has 1 aliphatic rings. The SMILES string of the molecule is COC(=O)CC[C@@]1([N+](=O)[O-])CC[C@@](CO[C@H](C)c2cc(C(F)(F)F)cc(C(F)(F)F)c2)(c2ccccc2)NC1. The number of halogens is 6. The monoisotopic (exact) mass is 562 g/mol. The van der Waals surface area contributed by atoms with Crippen molar-refractivity contribution in [2.75, 3.05) is 20.3 Å². The number of alkyl halides is 6. The topological polar surface area (TPSA) is 90.7 Å². The first kappa shape index (κ1) is 30.4. The number of nitrogens with one attached hydrogen (secondary N) is 1. The highest BCUT2D eigenvalue weighted by Crippen LogP contribution is 2.41. The first-order valence-corrected chi connectivity index (χ1v) is 12.0. The molecular weight excluding hydrogens is 534 g/mol. The molecule has 39 heavy (non-hydrogen) atoms. The lowest BCUT2D eigenvalue weighted by Crippen LogP contribution is -2.61. The van der Waals surface area contributed by atoms with Crippen molar-refractivity contribution in [1.82, 2.24) is 5.32 Å². The molecule has 0 radical (unpaired) electrons. The summed E-state index contributed by atoms with van der Waals surface area (Å²) in [6.07, 6.45) is -11.2. The number of hydrogen-bond acceptors (Lipinski definition) is 6. The van der Waals surface area contributed by atoms with E-state index in [1.165, 1.54) is 14.0 Å². The molecular formula is C26H28F6N2O5. The fraction of sp³-hybridized carbons (Fsp3) is 0.500. The number of nitrogens with zero attached hydrogens (tertiary/aromatic N) is 1. The molecule has 1 fully saturated rings. The molecule has 1 saturated heterocycles. The van der Waals surface area contributed by atoms with Gasteiger partial charge in [-0.1, -0.05) is 30.3 Å². The summed E-state index contributed by atoms with van der Waals surface area (Å²) in [7, 11) is 1.18. The van der Waals surface area contributed by atoms with Crippen LogP contribution in [0.25, 0.3) is 0 Å². The molecule has 0 spiro atoms. The zero-order valence-electron chi connectivity index (χ0n) is 21.2. The first-order valence-electron chi connectivity index (χ1n) is 12.0. The number of esters is 1. The average Bonchev–Trinajstić information content (AvgIpc) is 2.90. The zero-order valence-corrected chi connectivity index (χ0v) is 21.2. The number of ether oxygens (including phenoxy) is 2. The van der Waals surface area contributed by atoms with Crippen LogP contribution in [0.15, 0.2) is 48.5 Å². The molecule has 13 heteroatoms. The van der Waals surface area contributed by atoms with Crippen LogP contribution in [0.2, 0.25) is 0 Å². The van der Waals surface area contributed by atoms with Gasteiger partial charge in [-0.2, -0.15) is 26.3 Å². The van der Waals surface area contributed by atoms with Crippen LogP contribution in [-0.2, 0) is 32.2 Å². The summed E-state index contributed by atoms with van der Waals surface area (Å²) in [6, 6.07) is 10.0. The molecule has 0 aliphatic carbocycles. The van der Waals surface area contributed by atoms with E-state index in [-0.39, 0.29) is 50.5 Å². The van der Waals surface area contributed by atoms with Crippen molar-refractivity contribution in [3.8, 4) is 0 Å². The molecule has 7 nitrogen and oxygen atoms in total. The number of benzene rings is 2. The molecule has 0 unspecified atom stereocenters. The second kappa shape index (κ2) is 11.5. The maximum atomic E-state index is 13.3. The van der Waals surface area contributed by atoms with Gasteiger partial charge in [0.05, 0.1) is 49.5 Å². The molecule has 0 aromatic heterocycles. The van der Waals surface area contributed by atoms with E-state index in [9.17, 15) is 41.3 Å². The van der Waals surface area contributed by atoms with Crippen LogP contribution in [0.5, 0.6) is 0 Å². The average molecular weight is 563 g/mol. The molecule has 2 aromatic rings. The maximum Gasteiger partial charge on any atom is 0.416 e. The highest BCUT2D eigenvalue weighted by atomic mass is 19.4. The molecule has 3 atom stereocenters. The second-order valence-corrected chi connectivity index (χ2v) is 9.65. The summed E-state index contributed by atoms with van der Waals surface area (Å²) in [6.45, 7) is 1.00. The van der Waals surface area contributed by atoms with E-state index in [1.807, 2.05) is 0 Å². The van der Waals surface area contributed by atoms with Gasteiger partial charge in [-0.15, -0.1) is 0 Å². The van der Waals surface area contributed by atoms with Crippen molar-refractivity contribution in [3.05, 3.63) is 80.9 Å². The Hall–Kier alpha value is -3.19. The van der Waals surface area contributed by atoms with Crippen LogP contribution < -0.4 is 5.32 Å². The Morgan fingerprint density at radius 1 is 1.05 bits per heavy atom. The van der Waals surface area contributed by atoms with Gasteiger partial charge in [0.25, 0.3) is 0 Å². The van der Waals surface area contributed by atoms with Crippen molar-refractivity contribution in [2.24, 2.45) is 0 Å². The van der Waals surface area contributed by atoms with Crippen molar-refractivity contribution in [2.45, 2.75) is 62.1 Å². The van der Waals surface area contributed by atoms with Gasteiger partial charge in [-0.3, -0.25) is 20.2 Å². The predicted molar refractivity (Wildman–Crippen MR) is 127 cm³/mol. The van der Waals surface area contributed by atoms with E-state index < -0.39 is 51.6 Å². The van der Waals surface area contributed by atoms with Crippen LogP contribution in [0.3, 0.4) is 0 Å². The molecule has 2 aromatic carbocycles. The van der Waals surface area contributed by atoms with E-state index in [4.69, 9.17) is 4.74 Å². The van der Waals surface area contributed by atoms with Crippen LogP contribution in [0.4, 0.5) is 26.3 Å². The Bertz CT molecular complexity index is 1130. The quantitative estimate of drug-likeness (QED) is 0.173. The lowest BCUT2D eigenvalue weighted by Gasteiger charge is -2.44. The van der Waals surface area contributed by atoms with Crippen LogP contribution in [0, 0.1) is 10.1 Å². The number of carbonyl (C=O) groups excluding carboxylic acids is 1. The van der Waals surface area contributed by atoms with Crippen molar-refractivity contribution < 1.29 is 45.5 Å². The maximum absolute atomic E-state index is 13.3. The molecule has 0 amide bonds. The van der Waals surface area contributed by atoms with Crippen molar-refractivity contribution in [3.63, 3.8) is 0 Å². The Morgan fingerprint density at radius 2 is 1.64 bits per heavy atom. The highest BCUT2D eigenvalue weighted by Gasteiger charge is 2.51. The predicted octanol–water partition coefficient (Wildman–Crippen LogP) is 6.05. The number of carbonyl (C=O) groups is 1. The van der Waals surface area contributed by atoms with Crippen LogP contribution in [0.1, 0.15) is 61.0 Å². The third-order valence-electron chi connectivity index (χ3n) is 7.17. The molecule has 1 N–H and O–H groups in total. The van der Waals surface area contributed by atoms with E-state index in [2.05, 4.69) is 10.1 Å². The Kier molecular flexibility index (Phi) is 8.95. The fourth-order valence-corrected chi connectivity index (χ4v) is 4.64. The van der Waals surface area contributed by atoms with E-state index in [0.29, 0.717) is 17.7 Å². The summed E-state index contributed by atoms with van der Waals surface area (Å²) in [5.41, 5.74) is -5.01. The van der Waals surface area contributed by atoms with E-state index in [0.717, 1.165) is 0 Å². The molecule has 1 heterocycles. The minimum Gasteiger partial charge on any atom is -0.469 e. The van der Waals surface area contributed by atoms with Gasteiger partial charge in [0, 0.05) is 17.8 Å². The second-order valence-electron chi connectivity index (χ2n) is 9.65. The van der Waals surface area contributed by atoms with Gasteiger partial charge in [0.1, 0.15) is 0 Å². The van der Waals surface area contributed by atoms with Crippen LogP contribution >= 0.6 is 0 Å². The third-order valence-corrected chi connectivity index (χ3v) is 7.17. The molecule has 0 bridgehead atoms. The Morgan fingerprint density at radius 3 is 2.10 bits per heavy atom. The van der Waals surface area contributed by atoms with Crippen LogP contribution in [-0.4, -0.2) is 36.7 Å². The highest BCUT2D eigenvalue weighted by molar-refractivity contribution is 5.69. The number of rotatable bonds is 9. The van der Waals surface area contributed by atoms with Gasteiger partial charge in [-0.25, -0.2) is 0 Å². The number of hydrogen-bond donors (Lipinski definition) is 1. The number of methoxy groups -OCH3 is 1. The Balaban J connectivity index is 1.88. The zero-order chi connectivity index (χ0) is 29.1. The van der Waals surface area contributed by atoms with E-state index >= 15 is 0 Å². The van der Waals surface area contributed by atoms with Crippen molar-refractivity contribution in [1.29, 1.82) is 0 Å². The minimum atomic E-state index is -5.00. The minimum absolute atomic E-state index is 0.0401. The normalized spacial score (nSPS) is 22.8. The lowest BCUT2D eigenvalue weighted by molar-refractivity contribution is -0.573. The summed E-state index contributed by atoms with van der Waals surface area (Å²) >= 11 is 0. The van der Waals surface area contributed by atoms with E-state index in [1.54, 1.807) is 30.3 Å². The lowest BCUT2D eigenvalue weighted by atomic mass is 9.75. The first-order chi connectivity index (χ1) is 18.1. The van der Waals surface area contributed by atoms with Gasteiger partial charge >= 0.3 is 18.3 Å². The molecule has 0 saturated carbocycles. The smallest absolute Gasteiger partial charge is 0.416 e. The van der Waals surface area contributed by atoms with Gasteiger partial charge in [0.15, 0.2) is 0 Å². The standard InChI is InChI=1S/C26H28F6N2O5/c1-17(18-12-20(25(27,28)29)14-21(13-18)26(30,31)32)39-16-24(19-6-4-3-5-7-19)11-10-23(15-33-24,34(36)37)9-8-22(35)38-2/h3-7,12-14,17,33H,8-11,15-16H2,1-2H3/t17-,23-,24-/m1/s1.